The molecule has 1 heterocycles. The first-order valence-electron chi connectivity index (χ1n) is 5.93. The van der Waals surface area contributed by atoms with Crippen LogP contribution in [-0.2, 0) is 9.53 Å². The van der Waals surface area contributed by atoms with E-state index in [1.807, 2.05) is 37.3 Å². The normalized spacial score (nSPS) is 17.6. The first kappa shape index (κ1) is 14.2. The van der Waals surface area contributed by atoms with Crippen LogP contribution in [0.2, 0.25) is 0 Å². The van der Waals surface area contributed by atoms with Crippen LogP contribution in [0.1, 0.15) is 11.1 Å². The molecule has 1 saturated heterocycles. The van der Waals surface area contributed by atoms with E-state index in [0.29, 0.717) is 22.4 Å². The molecule has 0 unspecified atom stereocenters. The van der Waals surface area contributed by atoms with Gasteiger partial charge >= 0.3 is 0 Å². The van der Waals surface area contributed by atoms with E-state index in [-0.39, 0.29) is 5.91 Å². The Bertz CT molecular complexity index is 523. The van der Waals surface area contributed by atoms with Gasteiger partial charge in [0.05, 0.1) is 18.1 Å². The summed E-state index contributed by atoms with van der Waals surface area (Å²) in [5, 5.41) is 0. The van der Waals surface area contributed by atoms with Gasteiger partial charge in [0, 0.05) is 7.11 Å². The van der Waals surface area contributed by atoms with Gasteiger partial charge in [-0.05, 0) is 18.6 Å². The molecule has 3 nitrogen and oxygen atoms in total. The molecule has 100 valence electrons. The fourth-order valence-electron chi connectivity index (χ4n) is 1.69. The summed E-state index contributed by atoms with van der Waals surface area (Å²) in [4.78, 5) is 14.4. The van der Waals surface area contributed by atoms with E-state index in [0.717, 1.165) is 5.56 Å². The monoisotopic (exact) mass is 293 g/mol. The van der Waals surface area contributed by atoms with Crippen molar-refractivity contribution in [3.05, 3.63) is 40.3 Å². The van der Waals surface area contributed by atoms with Gasteiger partial charge in [-0.15, -0.1) is 0 Å². The Morgan fingerprint density at radius 2 is 2.05 bits per heavy atom. The first-order valence-corrected chi connectivity index (χ1v) is 7.15. The van der Waals surface area contributed by atoms with Crippen LogP contribution in [0.15, 0.2) is 29.2 Å². The summed E-state index contributed by atoms with van der Waals surface area (Å²) in [5.41, 5.74) is 2.21. The van der Waals surface area contributed by atoms with Crippen molar-refractivity contribution in [3.63, 3.8) is 0 Å². The van der Waals surface area contributed by atoms with Crippen LogP contribution in [0, 0.1) is 6.92 Å². The van der Waals surface area contributed by atoms with E-state index in [1.165, 1.54) is 17.3 Å². The highest BCUT2D eigenvalue weighted by molar-refractivity contribution is 8.26. The predicted molar refractivity (Wildman–Crippen MR) is 82.9 cm³/mol. The molecule has 1 aliphatic rings. The number of ether oxygens (including phenoxy) is 1. The standard InChI is InChI=1S/C14H15NO2S2/c1-10-3-5-11(6-4-10)9-12-13(16)15(7-8-17-2)14(18)19-12/h3-6,9H,7-8H2,1-2H3/b12-9-. The number of amides is 1. The Hall–Kier alpha value is -1.17. The number of methoxy groups -OCH3 is 1. The number of thioether (sulfide) groups is 1. The summed E-state index contributed by atoms with van der Waals surface area (Å²) in [7, 11) is 1.61. The van der Waals surface area contributed by atoms with Gasteiger partial charge in [0.1, 0.15) is 4.32 Å². The molecule has 0 spiro atoms. The number of nitrogens with zero attached hydrogens (tertiary/aromatic N) is 1. The number of carbonyl (C=O) groups is 1. The Kier molecular flexibility index (Phi) is 4.74. The third-order valence-electron chi connectivity index (χ3n) is 2.77. The minimum atomic E-state index is -0.0346. The molecule has 0 saturated carbocycles. The zero-order valence-electron chi connectivity index (χ0n) is 10.9. The Morgan fingerprint density at radius 3 is 2.68 bits per heavy atom. The second-order valence-electron chi connectivity index (χ2n) is 4.24. The molecule has 1 aromatic rings. The van der Waals surface area contributed by atoms with Crippen molar-refractivity contribution in [2.45, 2.75) is 6.92 Å². The summed E-state index contributed by atoms with van der Waals surface area (Å²) >= 11 is 6.56. The zero-order valence-corrected chi connectivity index (χ0v) is 12.5. The van der Waals surface area contributed by atoms with Crippen molar-refractivity contribution in [3.8, 4) is 0 Å². The Balaban J connectivity index is 2.16. The van der Waals surface area contributed by atoms with Crippen molar-refractivity contribution in [1.29, 1.82) is 0 Å². The van der Waals surface area contributed by atoms with Crippen molar-refractivity contribution in [1.82, 2.24) is 4.90 Å². The van der Waals surface area contributed by atoms with E-state index < -0.39 is 0 Å². The molecule has 19 heavy (non-hydrogen) atoms. The van der Waals surface area contributed by atoms with Gasteiger partial charge in [0.2, 0.25) is 0 Å². The van der Waals surface area contributed by atoms with Crippen LogP contribution in [-0.4, -0.2) is 35.4 Å². The van der Waals surface area contributed by atoms with Gasteiger partial charge in [-0.2, -0.15) is 0 Å². The summed E-state index contributed by atoms with van der Waals surface area (Å²) < 4.78 is 5.58. The van der Waals surface area contributed by atoms with E-state index in [9.17, 15) is 4.79 Å². The molecule has 0 aliphatic carbocycles. The molecular weight excluding hydrogens is 278 g/mol. The average Bonchev–Trinajstić information content (AvgIpc) is 2.65. The maximum absolute atomic E-state index is 12.2. The lowest BCUT2D eigenvalue weighted by Gasteiger charge is -2.12. The van der Waals surface area contributed by atoms with Crippen molar-refractivity contribution < 1.29 is 9.53 Å². The molecule has 0 bridgehead atoms. The quantitative estimate of drug-likeness (QED) is 0.631. The maximum atomic E-state index is 12.2. The van der Waals surface area contributed by atoms with Crippen molar-refractivity contribution in [2.24, 2.45) is 0 Å². The molecule has 0 atom stereocenters. The Labute approximate surface area is 122 Å². The molecule has 2 rings (SSSR count). The zero-order chi connectivity index (χ0) is 13.8. The second-order valence-corrected chi connectivity index (χ2v) is 5.91. The number of rotatable bonds is 4. The molecule has 0 aromatic heterocycles. The highest BCUT2D eigenvalue weighted by atomic mass is 32.2. The predicted octanol–water partition coefficient (Wildman–Crippen LogP) is 2.84. The highest BCUT2D eigenvalue weighted by Gasteiger charge is 2.31. The minimum Gasteiger partial charge on any atom is -0.383 e. The van der Waals surface area contributed by atoms with Crippen LogP contribution in [0.5, 0.6) is 0 Å². The molecule has 0 radical (unpaired) electrons. The van der Waals surface area contributed by atoms with Gasteiger partial charge in [-0.1, -0.05) is 53.8 Å². The molecule has 5 heteroatoms. The van der Waals surface area contributed by atoms with Gasteiger partial charge in [0.25, 0.3) is 5.91 Å². The molecule has 1 aliphatic heterocycles. The Morgan fingerprint density at radius 1 is 1.37 bits per heavy atom. The van der Waals surface area contributed by atoms with Gasteiger partial charge < -0.3 is 4.74 Å². The lowest BCUT2D eigenvalue weighted by molar-refractivity contribution is -0.122. The molecule has 1 fully saturated rings. The minimum absolute atomic E-state index is 0.0346. The fourth-order valence-corrected chi connectivity index (χ4v) is 3.00. The molecular formula is C14H15NO2S2. The average molecular weight is 293 g/mol. The smallest absolute Gasteiger partial charge is 0.266 e. The summed E-state index contributed by atoms with van der Waals surface area (Å²) in [6.45, 7) is 3.03. The number of hydrogen-bond donors (Lipinski definition) is 0. The van der Waals surface area contributed by atoms with E-state index in [1.54, 1.807) is 12.0 Å². The first-order chi connectivity index (χ1) is 9.11. The summed E-state index contributed by atoms with van der Waals surface area (Å²) in [6, 6.07) is 8.04. The SMILES string of the molecule is COCCN1C(=O)/C(=C/c2ccc(C)cc2)SC1=S. The number of thiocarbonyl (C=S) groups is 1. The van der Waals surface area contributed by atoms with Crippen LogP contribution in [0.4, 0.5) is 0 Å². The van der Waals surface area contributed by atoms with Crippen LogP contribution in [0.25, 0.3) is 6.08 Å². The molecule has 1 amide bonds. The second kappa shape index (κ2) is 6.32. The largest absolute Gasteiger partial charge is 0.383 e. The van der Waals surface area contributed by atoms with Gasteiger partial charge in [-0.3, -0.25) is 9.69 Å². The van der Waals surface area contributed by atoms with Crippen molar-refractivity contribution in [2.75, 3.05) is 20.3 Å². The third-order valence-corrected chi connectivity index (χ3v) is 4.15. The number of carbonyl (C=O) groups excluding carboxylic acids is 1. The van der Waals surface area contributed by atoms with E-state index in [4.69, 9.17) is 17.0 Å². The lowest BCUT2D eigenvalue weighted by Crippen LogP contribution is -2.31. The topological polar surface area (TPSA) is 29.5 Å². The fraction of sp³-hybridized carbons (Fsp3) is 0.286. The number of aryl methyl sites for hydroxylation is 1. The highest BCUT2D eigenvalue weighted by Crippen LogP contribution is 2.32. The third kappa shape index (κ3) is 3.43. The summed E-state index contributed by atoms with van der Waals surface area (Å²) in [5.74, 6) is -0.0346. The number of benzene rings is 1. The molecule has 1 aromatic carbocycles. The number of hydrogen-bond acceptors (Lipinski definition) is 4. The van der Waals surface area contributed by atoms with Crippen LogP contribution >= 0.6 is 24.0 Å². The van der Waals surface area contributed by atoms with Crippen LogP contribution < -0.4 is 0 Å². The van der Waals surface area contributed by atoms with E-state index in [2.05, 4.69) is 0 Å². The summed E-state index contributed by atoms with van der Waals surface area (Å²) in [6.07, 6.45) is 1.88. The van der Waals surface area contributed by atoms with Crippen LogP contribution in [0.3, 0.4) is 0 Å². The van der Waals surface area contributed by atoms with Gasteiger partial charge in [-0.25, -0.2) is 0 Å². The van der Waals surface area contributed by atoms with Gasteiger partial charge in [0.15, 0.2) is 0 Å². The maximum Gasteiger partial charge on any atom is 0.266 e. The van der Waals surface area contributed by atoms with E-state index >= 15 is 0 Å². The molecule has 0 N–H and O–H groups in total. The lowest BCUT2D eigenvalue weighted by atomic mass is 10.1. The van der Waals surface area contributed by atoms with Crippen molar-refractivity contribution >= 4 is 40.3 Å².